The molecule has 0 spiro atoms. The van der Waals surface area contributed by atoms with Crippen LogP contribution in [-0.2, 0) is 21.2 Å². The second kappa shape index (κ2) is 7.98. The van der Waals surface area contributed by atoms with Crippen LogP contribution in [0.2, 0.25) is 5.02 Å². The van der Waals surface area contributed by atoms with E-state index in [1.165, 1.54) is 11.5 Å². The van der Waals surface area contributed by atoms with Gasteiger partial charge in [-0.3, -0.25) is 14.8 Å². The van der Waals surface area contributed by atoms with Crippen molar-refractivity contribution in [2.45, 2.75) is 24.6 Å². The maximum absolute atomic E-state index is 14.5. The fraction of sp³-hybridized carbons (Fsp3) is 0.294. The SMILES string of the molecule is CC(CCn1cc(F)c(-c2cc(F)cc(Cl)c2)cc1=O)(C(=O)NO)S(C)(=O)=O. The third kappa shape index (κ3) is 4.40. The van der Waals surface area contributed by atoms with Crippen LogP contribution in [-0.4, -0.2) is 35.1 Å². The zero-order chi connectivity index (χ0) is 21.3. The topological polar surface area (TPSA) is 105 Å². The standard InChI is InChI=1S/C17H17ClF2N2O5S/c1-17(16(24)21-25,28(2,26)27)3-4-22-9-14(20)13(8-15(22)23)10-5-11(18)7-12(19)6-10/h5-9,25H,3-4H2,1-2H3,(H,21,24). The van der Waals surface area contributed by atoms with E-state index >= 15 is 0 Å². The number of aryl methyl sites for hydroxylation is 1. The number of nitrogens with one attached hydrogen (secondary N) is 1. The Kier molecular flexibility index (Phi) is 6.27. The Balaban J connectivity index is 2.40. The van der Waals surface area contributed by atoms with Gasteiger partial charge in [0.1, 0.15) is 11.6 Å². The highest BCUT2D eigenvalue weighted by atomic mass is 35.5. The van der Waals surface area contributed by atoms with E-state index in [1.807, 2.05) is 0 Å². The number of hydroxylamine groups is 1. The number of benzene rings is 1. The largest absolute Gasteiger partial charge is 0.312 e. The summed E-state index contributed by atoms with van der Waals surface area (Å²) in [6.07, 6.45) is 1.24. The molecule has 0 fully saturated rings. The number of amides is 1. The smallest absolute Gasteiger partial charge is 0.264 e. The molecule has 1 heterocycles. The molecule has 2 aromatic rings. The number of hydrogen-bond donors (Lipinski definition) is 2. The van der Waals surface area contributed by atoms with Crippen LogP contribution >= 0.6 is 11.6 Å². The van der Waals surface area contributed by atoms with Crippen LogP contribution in [0.5, 0.6) is 0 Å². The minimum atomic E-state index is -3.97. The molecule has 0 bridgehead atoms. The molecular formula is C17H17ClF2N2O5S. The van der Waals surface area contributed by atoms with Crippen molar-refractivity contribution >= 4 is 27.3 Å². The summed E-state index contributed by atoms with van der Waals surface area (Å²) in [6, 6.07) is 4.26. The number of carbonyl (C=O) groups is 1. The molecule has 0 aliphatic heterocycles. The molecule has 1 amide bonds. The van der Waals surface area contributed by atoms with Gasteiger partial charge in [-0.15, -0.1) is 0 Å². The third-order valence-corrected chi connectivity index (χ3v) is 6.73. The predicted octanol–water partition coefficient (Wildman–Crippen LogP) is 2.15. The van der Waals surface area contributed by atoms with E-state index in [-0.39, 0.29) is 22.7 Å². The zero-order valence-electron chi connectivity index (χ0n) is 14.9. The van der Waals surface area contributed by atoms with Crippen molar-refractivity contribution in [3.8, 4) is 11.1 Å². The second-order valence-electron chi connectivity index (χ2n) is 6.42. The summed E-state index contributed by atoms with van der Waals surface area (Å²) in [5, 5.41) is 8.83. The number of hydrogen-bond acceptors (Lipinski definition) is 5. The average molecular weight is 435 g/mol. The first-order valence-electron chi connectivity index (χ1n) is 7.89. The van der Waals surface area contributed by atoms with Crippen LogP contribution in [0.15, 0.2) is 35.3 Å². The van der Waals surface area contributed by atoms with Crippen molar-refractivity contribution in [1.29, 1.82) is 0 Å². The van der Waals surface area contributed by atoms with Crippen molar-refractivity contribution in [2.24, 2.45) is 0 Å². The Labute approximate surface area is 164 Å². The van der Waals surface area contributed by atoms with Crippen LogP contribution < -0.4 is 11.0 Å². The van der Waals surface area contributed by atoms with Crippen LogP contribution in [0.25, 0.3) is 11.1 Å². The first-order valence-corrected chi connectivity index (χ1v) is 10.2. The number of rotatable bonds is 6. The second-order valence-corrected chi connectivity index (χ2v) is 9.30. The number of sulfone groups is 1. The Morgan fingerprint density at radius 2 is 1.93 bits per heavy atom. The summed E-state index contributed by atoms with van der Waals surface area (Å²) in [4.78, 5) is 24.1. The molecular weight excluding hydrogens is 418 g/mol. The molecule has 1 unspecified atom stereocenters. The van der Waals surface area contributed by atoms with Gasteiger partial charge in [0.25, 0.3) is 11.5 Å². The van der Waals surface area contributed by atoms with Gasteiger partial charge in [-0.1, -0.05) is 11.6 Å². The molecule has 2 N–H and O–H groups in total. The maximum atomic E-state index is 14.5. The van der Waals surface area contributed by atoms with Crippen molar-refractivity contribution < 1.29 is 27.2 Å². The monoisotopic (exact) mass is 434 g/mol. The third-order valence-electron chi connectivity index (χ3n) is 4.48. The highest BCUT2D eigenvalue weighted by Gasteiger charge is 2.43. The first-order chi connectivity index (χ1) is 12.9. The molecule has 0 aliphatic rings. The van der Waals surface area contributed by atoms with Crippen molar-refractivity contribution in [3.05, 3.63) is 57.5 Å². The van der Waals surface area contributed by atoms with Crippen LogP contribution in [0.1, 0.15) is 13.3 Å². The summed E-state index contributed by atoms with van der Waals surface area (Å²) in [5.74, 6) is -2.74. The molecule has 0 saturated carbocycles. The van der Waals surface area contributed by atoms with Crippen molar-refractivity contribution in [3.63, 3.8) is 0 Å². The van der Waals surface area contributed by atoms with E-state index in [4.69, 9.17) is 16.8 Å². The minimum Gasteiger partial charge on any atom is -0.312 e. The van der Waals surface area contributed by atoms with Gasteiger partial charge in [-0.25, -0.2) is 22.7 Å². The van der Waals surface area contributed by atoms with E-state index in [9.17, 15) is 26.8 Å². The van der Waals surface area contributed by atoms with Crippen LogP contribution in [0.4, 0.5) is 8.78 Å². The van der Waals surface area contributed by atoms with Gasteiger partial charge in [0, 0.05) is 35.6 Å². The van der Waals surface area contributed by atoms with Crippen molar-refractivity contribution in [1.82, 2.24) is 10.0 Å². The number of pyridine rings is 1. The van der Waals surface area contributed by atoms with E-state index in [1.54, 1.807) is 0 Å². The fourth-order valence-electron chi connectivity index (χ4n) is 2.57. The van der Waals surface area contributed by atoms with Gasteiger partial charge in [-0.2, -0.15) is 0 Å². The van der Waals surface area contributed by atoms with Gasteiger partial charge in [-0.05, 0) is 37.1 Å². The molecule has 152 valence electrons. The van der Waals surface area contributed by atoms with Gasteiger partial charge in [0.2, 0.25) is 0 Å². The summed E-state index contributed by atoms with van der Waals surface area (Å²) < 4.78 is 50.7. The molecule has 7 nitrogen and oxygen atoms in total. The molecule has 0 saturated heterocycles. The van der Waals surface area contributed by atoms with E-state index in [0.717, 1.165) is 42.1 Å². The zero-order valence-corrected chi connectivity index (χ0v) is 16.4. The van der Waals surface area contributed by atoms with E-state index in [0.29, 0.717) is 0 Å². The Hall–Kier alpha value is -2.30. The number of nitrogens with zero attached hydrogens (tertiary/aromatic N) is 1. The lowest BCUT2D eigenvalue weighted by molar-refractivity contribution is -0.131. The quantitative estimate of drug-likeness (QED) is 0.535. The molecule has 1 aromatic heterocycles. The number of aromatic nitrogens is 1. The lowest BCUT2D eigenvalue weighted by Gasteiger charge is -2.25. The lowest BCUT2D eigenvalue weighted by Crippen LogP contribution is -2.50. The maximum Gasteiger partial charge on any atom is 0.264 e. The van der Waals surface area contributed by atoms with Gasteiger partial charge >= 0.3 is 0 Å². The number of carbonyl (C=O) groups excluding carboxylic acids is 1. The normalized spacial score (nSPS) is 13.8. The Morgan fingerprint density at radius 3 is 2.46 bits per heavy atom. The Bertz CT molecular complexity index is 1070. The molecule has 11 heteroatoms. The summed E-state index contributed by atoms with van der Waals surface area (Å²) in [5.41, 5.74) is 0.474. The highest BCUT2D eigenvalue weighted by molar-refractivity contribution is 7.92. The number of halogens is 3. The van der Waals surface area contributed by atoms with Gasteiger partial charge in [0.05, 0.1) is 0 Å². The molecule has 0 radical (unpaired) electrons. The first kappa shape index (κ1) is 22.0. The Morgan fingerprint density at radius 1 is 1.29 bits per heavy atom. The molecule has 28 heavy (non-hydrogen) atoms. The lowest BCUT2D eigenvalue weighted by atomic mass is 10.1. The molecule has 1 aromatic carbocycles. The fourth-order valence-corrected chi connectivity index (χ4v) is 3.64. The summed E-state index contributed by atoms with van der Waals surface area (Å²) in [6.45, 7) is 0.759. The van der Waals surface area contributed by atoms with E-state index in [2.05, 4.69) is 0 Å². The van der Waals surface area contributed by atoms with Gasteiger partial charge < -0.3 is 4.57 Å². The molecule has 2 rings (SSSR count). The van der Waals surface area contributed by atoms with E-state index < -0.39 is 44.1 Å². The average Bonchev–Trinajstić information content (AvgIpc) is 2.59. The van der Waals surface area contributed by atoms with Crippen LogP contribution in [0, 0.1) is 11.6 Å². The summed E-state index contributed by atoms with van der Waals surface area (Å²) >= 11 is 5.75. The van der Waals surface area contributed by atoms with Crippen LogP contribution in [0.3, 0.4) is 0 Å². The van der Waals surface area contributed by atoms with Crippen molar-refractivity contribution in [2.75, 3.05) is 6.26 Å². The minimum absolute atomic E-state index is 0.0255. The molecule has 1 atom stereocenters. The predicted molar refractivity (Wildman–Crippen MR) is 98.9 cm³/mol. The van der Waals surface area contributed by atoms with Gasteiger partial charge in [0.15, 0.2) is 14.6 Å². The molecule has 0 aliphatic carbocycles. The highest BCUT2D eigenvalue weighted by Crippen LogP contribution is 2.26. The summed E-state index contributed by atoms with van der Waals surface area (Å²) in [7, 11) is -3.97.